The number of amides is 2. The first-order chi connectivity index (χ1) is 11.1. The van der Waals surface area contributed by atoms with Crippen molar-refractivity contribution in [3.63, 3.8) is 0 Å². The van der Waals surface area contributed by atoms with Gasteiger partial charge in [-0.1, -0.05) is 36.4 Å². The molecule has 0 unspecified atom stereocenters. The minimum absolute atomic E-state index is 0.177. The average Bonchev–Trinajstić information content (AvgIpc) is 2.59. The Labute approximate surface area is 135 Å². The number of nitrogens with one attached hydrogen (secondary N) is 2. The van der Waals surface area contributed by atoms with Crippen LogP contribution in [0.15, 0.2) is 55.3 Å². The smallest absolute Gasteiger partial charge is 0.251 e. The maximum Gasteiger partial charge on any atom is 0.251 e. The molecule has 0 spiro atoms. The van der Waals surface area contributed by atoms with Gasteiger partial charge in [0, 0.05) is 18.3 Å². The molecule has 0 aliphatic heterocycles. The SMILES string of the molecule is C=CC(=O)NCc1cc(C(=O)NCc2ccc(C)cc2)ccn1. The molecule has 0 radical (unpaired) electrons. The van der Waals surface area contributed by atoms with Crippen LogP contribution >= 0.6 is 0 Å². The van der Waals surface area contributed by atoms with E-state index in [1.54, 1.807) is 18.3 Å². The molecule has 1 aromatic heterocycles. The normalized spacial score (nSPS) is 9.96. The third-order valence-corrected chi connectivity index (χ3v) is 3.28. The Morgan fingerprint density at radius 2 is 1.87 bits per heavy atom. The van der Waals surface area contributed by atoms with Crippen LogP contribution < -0.4 is 10.6 Å². The van der Waals surface area contributed by atoms with E-state index >= 15 is 0 Å². The van der Waals surface area contributed by atoms with Crippen LogP contribution in [-0.4, -0.2) is 16.8 Å². The molecule has 0 aliphatic rings. The monoisotopic (exact) mass is 309 g/mol. The second-order valence-electron chi connectivity index (χ2n) is 5.13. The summed E-state index contributed by atoms with van der Waals surface area (Å²) in [6.45, 7) is 6.12. The van der Waals surface area contributed by atoms with Crippen molar-refractivity contribution in [1.29, 1.82) is 0 Å². The van der Waals surface area contributed by atoms with Gasteiger partial charge in [0.05, 0.1) is 12.2 Å². The summed E-state index contributed by atoms with van der Waals surface area (Å²) in [5.41, 5.74) is 3.34. The van der Waals surface area contributed by atoms with E-state index in [1.807, 2.05) is 31.2 Å². The molecule has 1 aromatic carbocycles. The van der Waals surface area contributed by atoms with Gasteiger partial charge in [0.2, 0.25) is 5.91 Å². The Balaban J connectivity index is 1.94. The van der Waals surface area contributed by atoms with Crippen molar-refractivity contribution in [3.05, 3.63) is 77.6 Å². The van der Waals surface area contributed by atoms with E-state index in [0.29, 0.717) is 17.8 Å². The van der Waals surface area contributed by atoms with E-state index in [9.17, 15) is 9.59 Å². The van der Waals surface area contributed by atoms with Crippen molar-refractivity contribution in [2.24, 2.45) is 0 Å². The van der Waals surface area contributed by atoms with Crippen LogP contribution in [0.1, 0.15) is 27.2 Å². The number of aryl methyl sites for hydroxylation is 1. The molecule has 2 aromatic rings. The Morgan fingerprint density at radius 3 is 2.57 bits per heavy atom. The van der Waals surface area contributed by atoms with E-state index in [4.69, 9.17) is 0 Å². The zero-order valence-corrected chi connectivity index (χ0v) is 13.0. The fourth-order valence-electron chi connectivity index (χ4n) is 1.96. The molecule has 5 heteroatoms. The summed E-state index contributed by atoms with van der Waals surface area (Å²) in [5, 5.41) is 5.49. The second kappa shape index (κ2) is 7.89. The summed E-state index contributed by atoms with van der Waals surface area (Å²) in [6, 6.07) is 11.3. The third-order valence-electron chi connectivity index (χ3n) is 3.28. The molecule has 0 fully saturated rings. The average molecular weight is 309 g/mol. The lowest BCUT2D eigenvalue weighted by Gasteiger charge is -2.07. The summed E-state index contributed by atoms with van der Waals surface area (Å²) >= 11 is 0. The highest BCUT2D eigenvalue weighted by molar-refractivity contribution is 5.94. The van der Waals surface area contributed by atoms with Crippen molar-refractivity contribution in [1.82, 2.24) is 15.6 Å². The van der Waals surface area contributed by atoms with Crippen molar-refractivity contribution >= 4 is 11.8 Å². The van der Waals surface area contributed by atoms with E-state index in [2.05, 4.69) is 22.2 Å². The molecule has 2 amide bonds. The molecule has 1 heterocycles. The number of hydrogen-bond donors (Lipinski definition) is 2. The lowest BCUT2D eigenvalue weighted by Crippen LogP contribution is -2.24. The van der Waals surface area contributed by atoms with E-state index in [-0.39, 0.29) is 18.4 Å². The molecule has 0 aliphatic carbocycles. The number of benzene rings is 1. The fraction of sp³-hybridized carbons (Fsp3) is 0.167. The van der Waals surface area contributed by atoms with Crippen LogP contribution in [0.5, 0.6) is 0 Å². The van der Waals surface area contributed by atoms with E-state index in [0.717, 1.165) is 5.56 Å². The molecule has 5 nitrogen and oxygen atoms in total. The van der Waals surface area contributed by atoms with Crippen molar-refractivity contribution in [3.8, 4) is 0 Å². The van der Waals surface area contributed by atoms with Gasteiger partial charge in [-0.2, -0.15) is 0 Å². The Kier molecular flexibility index (Phi) is 5.63. The standard InChI is InChI=1S/C18H19N3O2/c1-3-17(22)20-12-16-10-15(8-9-19-16)18(23)21-11-14-6-4-13(2)5-7-14/h3-10H,1,11-12H2,2H3,(H,20,22)(H,21,23). The van der Waals surface area contributed by atoms with Crippen LogP contribution in [-0.2, 0) is 17.9 Å². The molecule has 0 saturated heterocycles. The molecular weight excluding hydrogens is 290 g/mol. The second-order valence-corrected chi connectivity index (χ2v) is 5.13. The lowest BCUT2D eigenvalue weighted by molar-refractivity contribution is -0.116. The van der Waals surface area contributed by atoms with Gasteiger partial charge in [-0.05, 0) is 30.7 Å². The first-order valence-electron chi connectivity index (χ1n) is 7.27. The van der Waals surface area contributed by atoms with Gasteiger partial charge >= 0.3 is 0 Å². The summed E-state index contributed by atoms with van der Waals surface area (Å²) < 4.78 is 0. The van der Waals surface area contributed by atoms with E-state index in [1.165, 1.54) is 11.6 Å². The summed E-state index contributed by atoms with van der Waals surface area (Å²) in [5.74, 6) is -0.453. The maximum absolute atomic E-state index is 12.2. The number of rotatable bonds is 6. The van der Waals surface area contributed by atoms with Crippen LogP contribution in [0.2, 0.25) is 0 Å². The highest BCUT2D eigenvalue weighted by atomic mass is 16.2. The molecular formula is C18H19N3O2. The fourth-order valence-corrected chi connectivity index (χ4v) is 1.96. The van der Waals surface area contributed by atoms with Crippen LogP contribution in [0.4, 0.5) is 0 Å². The molecule has 0 saturated carbocycles. The van der Waals surface area contributed by atoms with Crippen molar-refractivity contribution in [2.45, 2.75) is 20.0 Å². The first kappa shape index (κ1) is 16.4. The number of carbonyl (C=O) groups excluding carboxylic acids is 2. The van der Waals surface area contributed by atoms with Gasteiger partial charge in [0.25, 0.3) is 5.91 Å². The highest BCUT2D eigenvalue weighted by Gasteiger charge is 2.07. The van der Waals surface area contributed by atoms with Gasteiger partial charge in [0.1, 0.15) is 0 Å². The predicted molar refractivity (Wildman–Crippen MR) is 88.6 cm³/mol. The Morgan fingerprint density at radius 1 is 1.13 bits per heavy atom. The number of hydrogen-bond acceptors (Lipinski definition) is 3. The maximum atomic E-state index is 12.2. The summed E-state index contributed by atoms with van der Waals surface area (Å²) in [4.78, 5) is 27.5. The Bertz CT molecular complexity index is 708. The highest BCUT2D eigenvalue weighted by Crippen LogP contribution is 2.05. The van der Waals surface area contributed by atoms with E-state index < -0.39 is 0 Å². The molecule has 0 atom stereocenters. The number of aromatic nitrogens is 1. The number of carbonyl (C=O) groups is 2. The van der Waals surface area contributed by atoms with Crippen LogP contribution in [0.25, 0.3) is 0 Å². The predicted octanol–water partition coefficient (Wildman–Crippen LogP) is 2.12. The van der Waals surface area contributed by atoms with Gasteiger partial charge in [-0.3, -0.25) is 14.6 Å². The minimum Gasteiger partial charge on any atom is -0.348 e. The van der Waals surface area contributed by atoms with Crippen LogP contribution in [0, 0.1) is 6.92 Å². The zero-order valence-electron chi connectivity index (χ0n) is 13.0. The minimum atomic E-state index is -0.277. The molecule has 0 bridgehead atoms. The van der Waals surface area contributed by atoms with Gasteiger partial charge in [-0.15, -0.1) is 0 Å². The first-order valence-corrected chi connectivity index (χ1v) is 7.27. The quantitative estimate of drug-likeness (QED) is 0.803. The van der Waals surface area contributed by atoms with Gasteiger partial charge < -0.3 is 10.6 Å². The zero-order chi connectivity index (χ0) is 16.7. The topological polar surface area (TPSA) is 71.1 Å². The van der Waals surface area contributed by atoms with Crippen LogP contribution in [0.3, 0.4) is 0 Å². The molecule has 23 heavy (non-hydrogen) atoms. The third kappa shape index (κ3) is 5.07. The summed E-state index contributed by atoms with van der Waals surface area (Å²) in [7, 11) is 0. The van der Waals surface area contributed by atoms with Gasteiger partial charge in [0.15, 0.2) is 0 Å². The van der Waals surface area contributed by atoms with Crippen molar-refractivity contribution < 1.29 is 9.59 Å². The number of pyridine rings is 1. The van der Waals surface area contributed by atoms with Crippen molar-refractivity contribution in [2.75, 3.05) is 0 Å². The molecule has 2 rings (SSSR count). The lowest BCUT2D eigenvalue weighted by atomic mass is 10.1. The Hall–Kier alpha value is -2.95. The molecule has 2 N–H and O–H groups in total. The summed E-state index contributed by atoms with van der Waals surface area (Å²) in [6.07, 6.45) is 2.74. The molecule has 118 valence electrons. The van der Waals surface area contributed by atoms with Gasteiger partial charge in [-0.25, -0.2) is 0 Å². The number of nitrogens with zero attached hydrogens (tertiary/aromatic N) is 1. The largest absolute Gasteiger partial charge is 0.348 e.